The fourth-order valence-electron chi connectivity index (χ4n) is 2.85. The molecule has 1 aromatic heterocycles. The van der Waals surface area contributed by atoms with E-state index in [-0.39, 0.29) is 31.0 Å². The van der Waals surface area contributed by atoms with Crippen molar-refractivity contribution in [3.05, 3.63) is 76.1 Å². The minimum absolute atomic E-state index is 0.0371. The molecule has 0 saturated carbocycles. The van der Waals surface area contributed by atoms with Crippen LogP contribution < -0.4 is 0 Å². The predicted octanol–water partition coefficient (Wildman–Crippen LogP) is 2.60. The minimum Gasteiger partial charge on any atom is -0.445 e. The number of ether oxygens (including phenoxy) is 1. The summed E-state index contributed by atoms with van der Waals surface area (Å²) in [6.45, 7) is 0.376. The van der Waals surface area contributed by atoms with E-state index in [0.717, 1.165) is 5.56 Å². The molecular formula is C17H17N3O4. The Kier molecular flexibility index (Phi) is 4.41. The highest BCUT2D eigenvalue weighted by Crippen LogP contribution is 2.34. The van der Waals surface area contributed by atoms with E-state index in [2.05, 4.69) is 4.98 Å². The number of amides is 1. The Balaban J connectivity index is 1.69. The van der Waals surface area contributed by atoms with Gasteiger partial charge >= 0.3 is 6.09 Å². The van der Waals surface area contributed by atoms with E-state index >= 15 is 0 Å². The summed E-state index contributed by atoms with van der Waals surface area (Å²) in [5.74, 6) is 0. The molecule has 2 aromatic rings. The number of pyridine rings is 1. The maximum Gasteiger partial charge on any atom is 0.410 e. The zero-order valence-corrected chi connectivity index (χ0v) is 13.0. The Morgan fingerprint density at radius 2 is 2.00 bits per heavy atom. The van der Waals surface area contributed by atoms with Gasteiger partial charge in [0, 0.05) is 24.1 Å². The van der Waals surface area contributed by atoms with Gasteiger partial charge in [0.25, 0.3) is 5.54 Å². The molecule has 0 spiro atoms. The van der Waals surface area contributed by atoms with Crippen LogP contribution in [0.5, 0.6) is 0 Å². The number of nitro groups is 1. The fourth-order valence-corrected chi connectivity index (χ4v) is 2.85. The van der Waals surface area contributed by atoms with Gasteiger partial charge in [-0.05, 0) is 17.7 Å². The Morgan fingerprint density at radius 3 is 2.67 bits per heavy atom. The Bertz CT molecular complexity index is 723. The molecule has 7 heteroatoms. The van der Waals surface area contributed by atoms with Gasteiger partial charge in [-0.25, -0.2) is 4.79 Å². The second-order valence-electron chi connectivity index (χ2n) is 5.72. The van der Waals surface area contributed by atoms with Gasteiger partial charge in [-0.1, -0.05) is 36.4 Å². The highest BCUT2D eigenvalue weighted by atomic mass is 16.6. The van der Waals surface area contributed by atoms with E-state index in [9.17, 15) is 14.9 Å². The van der Waals surface area contributed by atoms with Crippen LogP contribution in [-0.2, 0) is 16.9 Å². The number of nitrogens with zero attached hydrogens (tertiary/aromatic N) is 3. The molecule has 0 radical (unpaired) electrons. The number of carbonyl (C=O) groups excluding carboxylic acids is 1. The van der Waals surface area contributed by atoms with Gasteiger partial charge in [-0.2, -0.15) is 0 Å². The molecule has 124 valence electrons. The molecule has 1 aromatic carbocycles. The zero-order chi connectivity index (χ0) is 17.0. The van der Waals surface area contributed by atoms with Crippen LogP contribution in [0.15, 0.2) is 54.7 Å². The molecule has 2 heterocycles. The van der Waals surface area contributed by atoms with Crippen molar-refractivity contribution in [1.29, 1.82) is 0 Å². The minimum atomic E-state index is -1.37. The monoisotopic (exact) mass is 327 g/mol. The third-order valence-electron chi connectivity index (χ3n) is 4.20. The second-order valence-corrected chi connectivity index (χ2v) is 5.72. The topological polar surface area (TPSA) is 85.6 Å². The maximum absolute atomic E-state index is 12.2. The molecule has 1 amide bonds. The van der Waals surface area contributed by atoms with E-state index in [1.807, 2.05) is 30.3 Å². The SMILES string of the molecule is O=C(OCc1ccccc1)N1CCC(c2ccccn2)([N+](=O)[O-])C1. The molecule has 1 unspecified atom stereocenters. The van der Waals surface area contributed by atoms with Crippen molar-refractivity contribution < 1.29 is 14.5 Å². The first-order chi connectivity index (χ1) is 11.6. The lowest BCUT2D eigenvalue weighted by Gasteiger charge is -2.20. The van der Waals surface area contributed by atoms with Gasteiger partial charge in [0.05, 0.1) is 0 Å². The molecule has 1 fully saturated rings. The normalized spacial score (nSPS) is 19.9. The van der Waals surface area contributed by atoms with Gasteiger partial charge in [-0.15, -0.1) is 0 Å². The molecule has 1 saturated heterocycles. The highest BCUT2D eigenvalue weighted by molar-refractivity contribution is 5.68. The summed E-state index contributed by atoms with van der Waals surface area (Å²) < 4.78 is 5.26. The van der Waals surface area contributed by atoms with Crippen molar-refractivity contribution in [3.8, 4) is 0 Å². The van der Waals surface area contributed by atoms with Crippen LogP contribution in [0.1, 0.15) is 17.7 Å². The van der Waals surface area contributed by atoms with Gasteiger partial charge in [-0.3, -0.25) is 15.1 Å². The summed E-state index contributed by atoms with van der Waals surface area (Å²) in [6.07, 6.45) is 1.20. The van der Waals surface area contributed by atoms with Crippen molar-refractivity contribution in [2.45, 2.75) is 18.6 Å². The van der Waals surface area contributed by atoms with Crippen LogP contribution >= 0.6 is 0 Å². The number of hydrogen-bond donors (Lipinski definition) is 0. The number of hydrogen-bond acceptors (Lipinski definition) is 5. The lowest BCUT2D eigenvalue weighted by molar-refractivity contribution is -0.575. The maximum atomic E-state index is 12.2. The van der Waals surface area contributed by atoms with Crippen LogP contribution in [0.3, 0.4) is 0 Å². The van der Waals surface area contributed by atoms with Crippen LogP contribution in [0.4, 0.5) is 4.79 Å². The molecule has 0 N–H and O–H groups in total. The molecule has 1 aliphatic rings. The molecular weight excluding hydrogens is 310 g/mol. The number of likely N-dealkylation sites (tertiary alicyclic amines) is 1. The largest absolute Gasteiger partial charge is 0.445 e. The van der Waals surface area contributed by atoms with Gasteiger partial charge in [0.1, 0.15) is 18.8 Å². The van der Waals surface area contributed by atoms with Crippen LogP contribution in [0.2, 0.25) is 0 Å². The highest BCUT2D eigenvalue weighted by Gasteiger charge is 2.53. The summed E-state index contributed by atoms with van der Waals surface area (Å²) in [5.41, 5.74) is -0.129. The van der Waals surface area contributed by atoms with Crippen LogP contribution in [0.25, 0.3) is 0 Å². The first kappa shape index (κ1) is 15.9. The van der Waals surface area contributed by atoms with Crippen LogP contribution in [0, 0.1) is 10.1 Å². The average Bonchev–Trinajstić information content (AvgIpc) is 3.08. The van der Waals surface area contributed by atoms with E-state index in [1.54, 1.807) is 18.2 Å². The summed E-state index contributed by atoms with van der Waals surface area (Å²) in [4.78, 5) is 29.0. The molecule has 3 rings (SSSR count). The number of benzene rings is 1. The third kappa shape index (κ3) is 3.05. The molecule has 7 nitrogen and oxygen atoms in total. The van der Waals surface area contributed by atoms with Crippen molar-refractivity contribution in [2.24, 2.45) is 0 Å². The van der Waals surface area contributed by atoms with Crippen LogP contribution in [-0.4, -0.2) is 34.0 Å². The van der Waals surface area contributed by atoms with Crippen molar-refractivity contribution in [3.63, 3.8) is 0 Å². The predicted molar refractivity (Wildman–Crippen MR) is 85.7 cm³/mol. The van der Waals surface area contributed by atoms with E-state index in [0.29, 0.717) is 5.69 Å². The fraction of sp³-hybridized carbons (Fsp3) is 0.294. The van der Waals surface area contributed by atoms with Gasteiger partial charge in [0.2, 0.25) is 0 Å². The Labute approximate surface area is 139 Å². The Morgan fingerprint density at radius 1 is 1.25 bits per heavy atom. The summed E-state index contributed by atoms with van der Waals surface area (Å²) in [5, 5.41) is 11.7. The van der Waals surface area contributed by atoms with Crippen molar-refractivity contribution in [2.75, 3.05) is 13.1 Å². The zero-order valence-electron chi connectivity index (χ0n) is 13.0. The van der Waals surface area contributed by atoms with Gasteiger partial charge < -0.3 is 9.64 Å². The summed E-state index contributed by atoms with van der Waals surface area (Å²) in [7, 11) is 0. The number of aromatic nitrogens is 1. The number of carbonyl (C=O) groups is 1. The first-order valence-electron chi connectivity index (χ1n) is 7.63. The third-order valence-corrected chi connectivity index (χ3v) is 4.20. The molecule has 0 bridgehead atoms. The van der Waals surface area contributed by atoms with E-state index < -0.39 is 11.6 Å². The van der Waals surface area contributed by atoms with E-state index in [4.69, 9.17) is 4.74 Å². The molecule has 1 atom stereocenters. The van der Waals surface area contributed by atoms with Crippen molar-refractivity contribution >= 4 is 6.09 Å². The van der Waals surface area contributed by atoms with Crippen molar-refractivity contribution in [1.82, 2.24) is 9.88 Å². The first-order valence-corrected chi connectivity index (χ1v) is 7.63. The summed E-state index contributed by atoms with van der Waals surface area (Å²) in [6, 6.07) is 14.3. The quantitative estimate of drug-likeness (QED) is 0.636. The standard InChI is InChI=1S/C17H17N3O4/c21-16(24-12-14-6-2-1-3-7-14)19-11-9-17(13-19,20(22)23)15-8-4-5-10-18-15/h1-8,10H,9,11-13H2. The molecule has 24 heavy (non-hydrogen) atoms. The average molecular weight is 327 g/mol. The smallest absolute Gasteiger partial charge is 0.410 e. The van der Waals surface area contributed by atoms with Gasteiger partial charge in [0.15, 0.2) is 0 Å². The van der Waals surface area contributed by atoms with E-state index in [1.165, 1.54) is 11.1 Å². The molecule has 0 aliphatic carbocycles. The summed E-state index contributed by atoms with van der Waals surface area (Å²) >= 11 is 0. The lowest BCUT2D eigenvalue weighted by Crippen LogP contribution is -2.41. The number of rotatable bonds is 4. The second kappa shape index (κ2) is 6.66. The molecule has 1 aliphatic heterocycles. The Hall–Kier alpha value is -2.96. The lowest BCUT2D eigenvalue weighted by atomic mass is 9.94.